The molecule has 0 radical (unpaired) electrons. The van der Waals surface area contributed by atoms with Gasteiger partial charge in [-0.3, -0.25) is 0 Å². The van der Waals surface area contributed by atoms with Crippen molar-refractivity contribution in [2.24, 2.45) is 11.1 Å². The van der Waals surface area contributed by atoms with E-state index >= 15 is 0 Å². The summed E-state index contributed by atoms with van der Waals surface area (Å²) in [6, 6.07) is 0.525. The van der Waals surface area contributed by atoms with Crippen molar-refractivity contribution in [2.75, 3.05) is 13.1 Å². The standard InChI is InChI=1S/C6H12N2.2ClH/c7-5-3-6(5)1-2-8-4-6;;/h5,8H,1-4,7H2;2*1H/t5-,6+;;/m0../s1. The molecule has 0 unspecified atom stereocenters. The van der Waals surface area contributed by atoms with Crippen LogP contribution in [0.4, 0.5) is 0 Å². The van der Waals surface area contributed by atoms with E-state index in [1.807, 2.05) is 0 Å². The van der Waals surface area contributed by atoms with Crippen LogP contribution in [0, 0.1) is 5.41 Å². The highest BCUT2D eigenvalue weighted by Crippen LogP contribution is 2.48. The average molecular weight is 185 g/mol. The molecule has 2 atom stereocenters. The fourth-order valence-electron chi connectivity index (χ4n) is 1.63. The van der Waals surface area contributed by atoms with E-state index in [9.17, 15) is 0 Å². The van der Waals surface area contributed by atoms with Crippen molar-refractivity contribution in [3.05, 3.63) is 0 Å². The summed E-state index contributed by atoms with van der Waals surface area (Å²) in [6.45, 7) is 2.36. The third kappa shape index (κ3) is 1.40. The van der Waals surface area contributed by atoms with E-state index in [1.54, 1.807) is 0 Å². The lowest BCUT2D eigenvalue weighted by Crippen LogP contribution is -2.16. The van der Waals surface area contributed by atoms with Crippen LogP contribution < -0.4 is 11.1 Å². The number of hydrogen-bond acceptors (Lipinski definition) is 2. The van der Waals surface area contributed by atoms with E-state index in [2.05, 4.69) is 5.32 Å². The van der Waals surface area contributed by atoms with Crippen LogP contribution in [0.2, 0.25) is 0 Å². The monoisotopic (exact) mass is 184 g/mol. The van der Waals surface area contributed by atoms with Crippen molar-refractivity contribution in [3.8, 4) is 0 Å². The van der Waals surface area contributed by atoms with Gasteiger partial charge in [0.05, 0.1) is 0 Å². The molecule has 2 rings (SSSR count). The molecule has 3 N–H and O–H groups in total. The molecule has 1 spiro atoms. The molecule has 0 amide bonds. The highest BCUT2D eigenvalue weighted by molar-refractivity contribution is 5.85. The molecule has 0 aromatic carbocycles. The van der Waals surface area contributed by atoms with Crippen LogP contribution >= 0.6 is 24.8 Å². The van der Waals surface area contributed by atoms with E-state index < -0.39 is 0 Å². The number of halogens is 2. The first-order valence-electron chi connectivity index (χ1n) is 3.30. The van der Waals surface area contributed by atoms with E-state index in [0.717, 1.165) is 0 Å². The van der Waals surface area contributed by atoms with Crippen LogP contribution in [0.1, 0.15) is 12.8 Å². The van der Waals surface area contributed by atoms with Crippen LogP contribution in [0.25, 0.3) is 0 Å². The summed E-state index contributed by atoms with van der Waals surface area (Å²) in [5.41, 5.74) is 6.29. The third-order valence-electron chi connectivity index (χ3n) is 2.53. The zero-order chi connectivity index (χ0) is 5.61. The van der Waals surface area contributed by atoms with Gasteiger partial charge >= 0.3 is 0 Å². The first-order chi connectivity index (χ1) is 3.83. The van der Waals surface area contributed by atoms with Gasteiger partial charge in [-0.05, 0) is 19.4 Å². The Bertz CT molecular complexity index is 112. The Balaban J connectivity index is 0.000000405. The van der Waals surface area contributed by atoms with Crippen molar-refractivity contribution in [1.82, 2.24) is 5.32 Å². The third-order valence-corrected chi connectivity index (χ3v) is 2.53. The molecule has 2 fully saturated rings. The number of rotatable bonds is 0. The Morgan fingerprint density at radius 3 is 2.20 bits per heavy atom. The maximum atomic E-state index is 5.72. The molecule has 0 aromatic heterocycles. The van der Waals surface area contributed by atoms with Crippen LogP contribution in [-0.4, -0.2) is 19.1 Å². The van der Waals surface area contributed by atoms with E-state index in [1.165, 1.54) is 25.9 Å². The van der Waals surface area contributed by atoms with Crippen LogP contribution in [-0.2, 0) is 0 Å². The van der Waals surface area contributed by atoms with E-state index in [0.29, 0.717) is 11.5 Å². The molecule has 1 heterocycles. The molecule has 2 aliphatic rings. The highest BCUT2D eigenvalue weighted by Gasteiger charge is 2.52. The summed E-state index contributed by atoms with van der Waals surface area (Å²) in [7, 11) is 0. The Labute approximate surface area is 73.7 Å². The molecule has 1 saturated carbocycles. The van der Waals surface area contributed by atoms with Gasteiger partial charge in [-0.1, -0.05) is 0 Å². The van der Waals surface area contributed by atoms with Crippen LogP contribution in [0.15, 0.2) is 0 Å². The Morgan fingerprint density at radius 1 is 1.40 bits per heavy atom. The lowest BCUT2D eigenvalue weighted by atomic mass is 10.1. The lowest BCUT2D eigenvalue weighted by Gasteiger charge is -2.00. The number of nitrogens with one attached hydrogen (secondary N) is 1. The highest BCUT2D eigenvalue weighted by atomic mass is 35.5. The minimum atomic E-state index is 0. The van der Waals surface area contributed by atoms with Crippen molar-refractivity contribution >= 4 is 24.8 Å². The van der Waals surface area contributed by atoms with Gasteiger partial charge in [0.1, 0.15) is 0 Å². The van der Waals surface area contributed by atoms with Crippen molar-refractivity contribution in [1.29, 1.82) is 0 Å². The maximum absolute atomic E-state index is 5.72. The topological polar surface area (TPSA) is 38.0 Å². The normalized spacial score (nSPS) is 42.3. The first kappa shape index (κ1) is 10.5. The lowest BCUT2D eigenvalue weighted by molar-refractivity contribution is 0.547. The summed E-state index contributed by atoms with van der Waals surface area (Å²) in [4.78, 5) is 0. The minimum Gasteiger partial charge on any atom is -0.327 e. The second-order valence-corrected chi connectivity index (χ2v) is 3.10. The second kappa shape index (κ2) is 3.26. The maximum Gasteiger partial charge on any atom is 0.0115 e. The van der Waals surface area contributed by atoms with Gasteiger partial charge in [0.15, 0.2) is 0 Å². The van der Waals surface area contributed by atoms with Crippen LogP contribution in [0.3, 0.4) is 0 Å². The molecule has 0 bridgehead atoms. The van der Waals surface area contributed by atoms with Crippen LogP contribution in [0.5, 0.6) is 0 Å². The summed E-state index contributed by atoms with van der Waals surface area (Å²) >= 11 is 0. The predicted molar refractivity (Wildman–Crippen MR) is 47.0 cm³/mol. The average Bonchev–Trinajstić information content (AvgIpc) is 2.29. The summed E-state index contributed by atoms with van der Waals surface area (Å²) in [6.07, 6.45) is 2.58. The van der Waals surface area contributed by atoms with Crippen molar-refractivity contribution in [2.45, 2.75) is 18.9 Å². The van der Waals surface area contributed by atoms with Gasteiger partial charge in [0.2, 0.25) is 0 Å². The van der Waals surface area contributed by atoms with E-state index in [4.69, 9.17) is 5.73 Å². The molecular weight excluding hydrogens is 171 g/mol. The minimum absolute atomic E-state index is 0. The fraction of sp³-hybridized carbons (Fsp3) is 1.00. The summed E-state index contributed by atoms with van der Waals surface area (Å²) < 4.78 is 0. The Kier molecular flexibility index (Phi) is 3.43. The van der Waals surface area contributed by atoms with Gasteiger partial charge in [-0.15, -0.1) is 24.8 Å². The molecule has 4 heteroatoms. The SMILES string of the molecule is Cl.Cl.N[C@H]1C[C@@]12CCNC2. The summed E-state index contributed by atoms with van der Waals surface area (Å²) in [5, 5.41) is 3.33. The molecule has 62 valence electrons. The molecule has 1 aliphatic carbocycles. The second-order valence-electron chi connectivity index (χ2n) is 3.10. The number of nitrogens with two attached hydrogens (primary N) is 1. The Morgan fingerprint density at radius 2 is 2.00 bits per heavy atom. The zero-order valence-corrected chi connectivity index (χ0v) is 7.43. The largest absolute Gasteiger partial charge is 0.327 e. The van der Waals surface area contributed by atoms with E-state index in [-0.39, 0.29) is 24.8 Å². The van der Waals surface area contributed by atoms with Gasteiger partial charge < -0.3 is 11.1 Å². The Hall–Kier alpha value is 0.500. The molecule has 2 nitrogen and oxygen atoms in total. The fourth-order valence-corrected chi connectivity index (χ4v) is 1.63. The van der Waals surface area contributed by atoms with Crippen molar-refractivity contribution < 1.29 is 0 Å². The van der Waals surface area contributed by atoms with Gasteiger partial charge in [0, 0.05) is 18.0 Å². The van der Waals surface area contributed by atoms with Crippen molar-refractivity contribution in [3.63, 3.8) is 0 Å². The first-order valence-corrected chi connectivity index (χ1v) is 3.30. The van der Waals surface area contributed by atoms with Gasteiger partial charge in [-0.25, -0.2) is 0 Å². The molecule has 1 aliphatic heterocycles. The summed E-state index contributed by atoms with van der Waals surface area (Å²) in [5.74, 6) is 0. The molecular formula is C6H14Cl2N2. The molecule has 1 saturated heterocycles. The smallest absolute Gasteiger partial charge is 0.0115 e. The predicted octanol–water partition coefficient (Wildman–Crippen LogP) is 0.541. The quantitative estimate of drug-likeness (QED) is 0.578. The molecule has 0 aromatic rings. The van der Waals surface area contributed by atoms with Gasteiger partial charge in [-0.2, -0.15) is 0 Å². The van der Waals surface area contributed by atoms with Gasteiger partial charge in [0.25, 0.3) is 0 Å². The molecule has 10 heavy (non-hydrogen) atoms. The number of hydrogen-bond donors (Lipinski definition) is 2. The zero-order valence-electron chi connectivity index (χ0n) is 5.80.